The van der Waals surface area contributed by atoms with Gasteiger partial charge in [0.2, 0.25) is 0 Å². The molecule has 0 heterocycles. The van der Waals surface area contributed by atoms with E-state index in [9.17, 15) is 0 Å². The van der Waals surface area contributed by atoms with E-state index in [4.69, 9.17) is 0 Å². The summed E-state index contributed by atoms with van der Waals surface area (Å²) in [6, 6.07) is 0. The molecule has 2 aliphatic carbocycles. The van der Waals surface area contributed by atoms with E-state index in [0.717, 1.165) is 0 Å². The Kier molecular flexibility index (Phi) is 2.86. The third-order valence-electron chi connectivity index (χ3n) is 3.40. The molecule has 0 aromatic carbocycles. The summed E-state index contributed by atoms with van der Waals surface area (Å²) in [5.74, 6) is 0. The second kappa shape index (κ2) is 4.00. The summed E-state index contributed by atoms with van der Waals surface area (Å²) in [5, 5.41) is 0. The predicted octanol–water partition coefficient (Wildman–Crippen LogP) is 4.79. The van der Waals surface area contributed by atoms with E-state index < -0.39 is 0 Å². The van der Waals surface area contributed by atoms with Gasteiger partial charge in [-0.05, 0) is 54.2 Å². The van der Waals surface area contributed by atoms with E-state index in [1.54, 1.807) is 16.7 Å². The normalized spacial score (nSPS) is 22.2. The molecule has 15 heavy (non-hydrogen) atoms. The van der Waals surface area contributed by atoms with Crippen molar-refractivity contribution >= 4 is 0 Å². The fourth-order valence-corrected chi connectivity index (χ4v) is 2.68. The molecule has 2 aliphatic rings. The maximum Gasteiger partial charge on any atom is -0.0132 e. The standard InChI is InChI=1S/C15H22/c1-15(2,3)14-11-7-5-9-12-8-4-6-10-13(12)14/h4,8,11H,5-7,9-10H2,1-3H3. The van der Waals surface area contributed by atoms with Gasteiger partial charge in [0.15, 0.2) is 0 Å². The van der Waals surface area contributed by atoms with Gasteiger partial charge < -0.3 is 0 Å². The molecule has 0 N–H and O–H groups in total. The fraction of sp³-hybridized carbons (Fsp3) is 0.600. The molecular formula is C15H22. The van der Waals surface area contributed by atoms with Crippen LogP contribution in [0.1, 0.15) is 52.9 Å². The number of hydrogen-bond acceptors (Lipinski definition) is 0. The molecule has 0 saturated carbocycles. The van der Waals surface area contributed by atoms with Crippen molar-refractivity contribution in [1.29, 1.82) is 0 Å². The van der Waals surface area contributed by atoms with Crippen molar-refractivity contribution in [3.63, 3.8) is 0 Å². The summed E-state index contributed by atoms with van der Waals surface area (Å²) in [5.41, 5.74) is 5.19. The van der Waals surface area contributed by atoms with Crippen molar-refractivity contribution in [3.8, 4) is 0 Å². The van der Waals surface area contributed by atoms with Crippen LogP contribution in [0.4, 0.5) is 0 Å². The molecule has 0 bridgehead atoms. The minimum atomic E-state index is 0.316. The van der Waals surface area contributed by atoms with Gasteiger partial charge in [0.05, 0.1) is 0 Å². The summed E-state index contributed by atoms with van der Waals surface area (Å²) >= 11 is 0. The van der Waals surface area contributed by atoms with Gasteiger partial charge in [-0.15, -0.1) is 0 Å². The molecule has 0 amide bonds. The zero-order valence-corrected chi connectivity index (χ0v) is 10.3. The molecular weight excluding hydrogens is 180 g/mol. The average Bonchev–Trinajstić information content (AvgIpc) is 2.38. The van der Waals surface area contributed by atoms with Crippen LogP contribution >= 0.6 is 0 Å². The Morgan fingerprint density at radius 3 is 2.60 bits per heavy atom. The van der Waals surface area contributed by atoms with Gasteiger partial charge >= 0.3 is 0 Å². The Morgan fingerprint density at radius 1 is 1.07 bits per heavy atom. The minimum absolute atomic E-state index is 0.316. The highest BCUT2D eigenvalue weighted by atomic mass is 14.3. The number of hydrogen-bond donors (Lipinski definition) is 0. The first kappa shape index (κ1) is 10.7. The van der Waals surface area contributed by atoms with E-state index in [1.165, 1.54) is 32.1 Å². The molecule has 0 heteroatoms. The monoisotopic (exact) mass is 202 g/mol. The quantitative estimate of drug-likeness (QED) is 0.530. The highest BCUT2D eigenvalue weighted by Gasteiger charge is 2.24. The van der Waals surface area contributed by atoms with Gasteiger partial charge in [-0.1, -0.05) is 39.0 Å². The Morgan fingerprint density at radius 2 is 1.87 bits per heavy atom. The van der Waals surface area contributed by atoms with Gasteiger partial charge in [-0.2, -0.15) is 0 Å². The van der Waals surface area contributed by atoms with Crippen LogP contribution in [0, 0.1) is 5.41 Å². The van der Waals surface area contributed by atoms with Crippen molar-refractivity contribution in [3.05, 3.63) is 34.9 Å². The Balaban J connectivity index is 2.42. The SMILES string of the molecule is CC(C)(C)C1=CCCCC2=C1CCC=C2. The molecule has 0 nitrogen and oxygen atoms in total. The van der Waals surface area contributed by atoms with Gasteiger partial charge in [-0.3, -0.25) is 0 Å². The summed E-state index contributed by atoms with van der Waals surface area (Å²) in [6.45, 7) is 7.02. The second-order valence-electron chi connectivity index (χ2n) is 5.70. The zero-order valence-electron chi connectivity index (χ0n) is 10.3. The highest BCUT2D eigenvalue weighted by molar-refractivity contribution is 5.45. The predicted molar refractivity (Wildman–Crippen MR) is 66.8 cm³/mol. The summed E-state index contributed by atoms with van der Waals surface area (Å²) in [4.78, 5) is 0. The topological polar surface area (TPSA) is 0 Å². The summed E-state index contributed by atoms with van der Waals surface area (Å²) < 4.78 is 0. The first-order chi connectivity index (χ1) is 7.09. The Bertz CT molecular complexity index is 332. The number of allylic oxidation sites excluding steroid dienone is 6. The van der Waals surface area contributed by atoms with Crippen LogP contribution in [0.5, 0.6) is 0 Å². The van der Waals surface area contributed by atoms with Crippen LogP contribution in [0.3, 0.4) is 0 Å². The maximum absolute atomic E-state index is 2.49. The smallest absolute Gasteiger partial charge is 0.0132 e. The summed E-state index contributed by atoms with van der Waals surface area (Å²) in [6.07, 6.45) is 13.5. The Labute approximate surface area is 93.8 Å². The van der Waals surface area contributed by atoms with Gasteiger partial charge in [0.25, 0.3) is 0 Å². The molecule has 82 valence electrons. The first-order valence-corrected chi connectivity index (χ1v) is 6.18. The van der Waals surface area contributed by atoms with Crippen LogP contribution in [-0.4, -0.2) is 0 Å². The van der Waals surface area contributed by atoms with E-state index in [0.29, 0.717) is 5.41 Å². The summed E-state index contributed by atoms with van der Waals surface area (Å²) in [7, 11) is 0. The van der Waals surface area contributed by atoms with Crippen molar-refractivity contribution in [2.45, 2.75) is 52.9 Å². The molecule has 0 aliphatic heterocycles. The Hall–Kier alpha value is -0.780. The van der Waals surface area contributed by atoms with E-state index in [2.05, 4.69) is 39.0 Å². The molecule has 0 saturated heterocycles. The van der Waals surface area contributed by atoms with Crippen molar-refractivity contribution in [1.82, 2.24) is 0 Å². The van der Waals surface area contributed by atoms with Crippen LogP contribution in [-0.2, 0) is 0 Å². The van der Waals surface area contributed by atoms with E-state index >= 15 is 0 Å². The van der Waals surface area contributed by atoms with Crippen LogP contribution in [0.15, 0.2) is 34.9 Å². The third kappa shape index (κ3) is 2.25. The lowest BCUT2D eigenvalue weighted by atomic mass is 9.77. The van der Waals surface area contributed by atoms with E-state index in [-0.39, 0.29) is 0 Å². The molecule has 0 spiro atoms. The lowest BCUT2D eigenvalue weighted by Crippen LogP contribution is -2.13. The van der Waals surface area contributed by atoms with Crippen LogP contribution in [0.2, 0.25) is 0 Å². The van der Waals surface area contributed by atoms with E-state index in [1.807, 2.05) is 0 Å². The lowest BCUT2D eigenvalue weighted by molar-refractivity contribution is 0.503. The first-order valence-electron chi connectivity index (χ1n) is 6.18. The fourth-order valence-electron chi connectivity index (χ4n) is 2.68. The largest absolute Gasteiger partial charge is 0.0839 e. The maximum atomic E-state index is 2.49. The molecule has 2 rings (SSSR count). The lowest BCUT2D eigenvalue weighted by Gasteiger charge is -2.27. The van der Waals surface area contributed by atoms with Gasteiger partial charge in [0, 0.05) is 0 Å². The molecule has 0 atom stereocenters. The van der Waals surface area contributed by atoms with Crippen LogP contribution in [0.25, 0.3) is 0 Å². The zero-order chi connectivity index (χ0) is 10.9. The van der Waals surface area contributed by atoms with Gasteiger partial charge in [0.1, 0.15) is 0 Å². The third-order valence-corrected chi connectivity index (χ3v) is 3.40. The molecule has 0 unspecified atom stereocenters. The molecule has 0 aromatic heterocycles. The average molecular weight is 202 g/mol. The molecule has 0 fully saturated rings. The minimum Gasteiger partial charge on any atom is -0.0839 e. The van der Waals surface area contributed by atoms with Crippen molar-refractivity contribution in [2.75, 3.05) is 0 Å². The van der Waals surface area contributed by atoms with Gasteiger partial charge in [-0.25, -0.2) is 0 Å². The molecule has 0 radical (unpaired) electrons. The number of rotatable bonds is 0. The second-order valence-corrected chi connectivity index (χ2v) is 5.70. The van der Waals surface area contributed by atoms with Crippen molar-refractivity contribution in [2.24, 2.45) is 5.41 Å². The van der Waals surface area contributed by atoms with Crippen LogP contribution < -0.4 is 0 Å². The highest BCUT2D eigenvalue weighted by Crippen LogP contribution is 2.40. The molecule has 0 aromatic rings. The van der Waals surface area contributed by atoms with Crippen molar-refractivity contribution < 1.29 is 0 Å².